The molecular formula is C44H56FNO4. The first-order chi connectivity index (χ1) is 23.7. The van der Waals surface area contributed by atoms with Gasteiger partial charge in [-0.05, 0) is 83.2 Å². The Kier molecular flexibility index (Phi) is 12.9. The summed E-state index contributed by atoms with van der Waals surface area (Å²) >= 11 is 0. The van der Waals surface area contributed by atoms with E-state index in [1.165, 1.54) is 18.3 Å². The van der Waals surface area contributed by atoms with Gasteiger partial charge in [0.25, 0.3) is 0 Å². The molecule has 0 fully saturated rings. The lowest BCUT2D eigenvalue weighted by Crippen LogP contribution is -2.42. The van der Waals surface area contributed by atoms with Gasteiger partial charge in [0.2, 0.25) is 0 Å². The molecule has 0 aliphatic heterocycles. The average molecular weight is 682 g/mol. The summed E-state index contributed by atoms with van der Waals surface area (Å²) in [5.74, 6) is -0.0966. The molecule has 2 N–H and O–H groups in total. The summed E-state index contributed by atoms with van der Waals surface area (Å²) in [7, 11) is 0. The van der Waals surface area contributed by atoms with Gasteiger partial charge in [-0.15, -0.1) is 0 Å². The number of rotatable bonds is 15. The first-order valence-electron chi connectivity index (χ1n) is 18.0. The van der Waals surface area contributed by atoms with Gasteiger partial charge in [-0.3, -0.25) is 4.99 Å². The molecule has 4 aromatic rings. The minimum Gasteiger partial charge on any atom is -0.504 e. The summed E-state index contributed by atoms with van der Waals surface area (Å²) in [5, 5.41) is 24.6. The van der Waals surface area contributed by atoms with Crippen molar-refractivity contribution in [2.45, 2.75) is 110 Å². The van der Waals surface area contributed by atoms with Gasteiger partial charge in [-0.1, -0.05) is 117 Å². The number of hydrogen-bond donors (Lipinski definition) is 2. The Balaban J connectivity index is 2.14. The number of ether oxygens (including phenoxy) is 2. The lowest BCUT2D eigenvalue weighted by atomic mass is 9.73. The molecule has 5 nitrogen and oxygen atoms in total. The van der Waals surface area contributed by atoms with E-state index in [0.29, 0.717) is 42.3 Å². The molecule has 0 spiro atoms. The highest BCUT2D eigenvalue weighted by atomic mass is 19.1. The zero-order valence-electron chi connectivity index (χ0n) is 31.2. The third kappa shape index (κ3) is 9.33. The molecule has 1 atom stereocenters. The summed E-state index contributed by atoms with van der Waals surface area (Å²) < 4.78 is 27.5. The molecule has 1 unspecified atom stereocenters. The van der Waals surface area contributed by atoms with Crippen LogP contribution in [0.5, 0.6) is 17.2 Å². The third-order valence-electron chi connectivity index (χ3n) is 9.19. The minimum atomic E-state index is -1.80. The molecule has 6 heteroatoms. The molecule has 0 saturated carbocycles. The number of aliphatic imine (C=N–C) groups is 1. The van der Waals surface area contributed by atoms with Crippen LogP contribution in [0.3, 0.4) is 0 Å². The van der Waals surface area contributed by atoms with E-state index in [0.717, 1.165) is 42.4 Å². The highest BCUT2D eigenvalue weighted by Gasteiger charge is 2.45. The summed E-state index contributed by atoms with van der Waals surface area (Å²) in [6.07, 6.45) is 5.42. The SMILES string of the molecule is CCCCOc1ccc(C(C)(C)C)cc1C(O)(c1cc(C(C)(C)C)ccc1OCCCC)C(Cc1ccccc1)N=Cc1cccc(F)c1O. The van der Waals surface area contributed by atoms with E-state index in [-0.39, 0.29) is 16.4 Å². The van der Waals surface area contributed by atoms with Crippen LogP contribution in [-0.4, -0.2) is 35.7 Å². The van der Waals surface area contributed by atoms with Crippen LogP contribution in [0.25, 0.3) is 0 Å². The number of unbranched alkanes of at least 4 members (excludes halogenated alkanes) is 2. The van der Waals surface area contributed by atoms with Gasteiger partial charge in [0.1, 0.15) is 17.1 Å². The number of hydrogen-bond acceptors (Lipinski definition) is 5. The fraction of sp³-hybridized carbons (Fsp3) is 0.432. The standard InChI is InChI=1S/C44H56FNO4/c1-9-11-25-49-38-23-21-33(42(3,4)5)28-35(38)44(48,36-29-34(43(6,7)8)22-24-39(36)50-26-12-10-2)40(27-31-17-14-13-15-18-31)46-30-32-19-16-20-37(45)41(32)47/h13-24,28-30,40,47-48H,9-12,25-27H2,1-8H3. The third-order valence-corrected chi connectivity index (χ3v) is 9.19. The predicted molar refractivity (Wildman–Crippen MR) is 204 cm³/mol. The molecule has 0 aliphatic carbocycles. The molecule has 0 bridgehead atoms. The average Bonchev–Trinajstić information content (AvgIpc) is 3.08. The highest BCUT2D eigenvalue weighted by molar-refractivity contribution is 5.83. The Hall–Kier alpha value is -4.16. The van der Waals surface area contributed by atoms with Crippen LogP contribution in [0.4, 0.5) is 4.39 Å². The number of aromatic hydroxyl groups is 1. The fourth-order valence-corrected chi connectivity index (χ4v) is 5.95. The van der Waals surface area contributed by atoms with Crippen LogP contribution in [0.2, 0.25) is 0 Å². The second-order valence-corrected chi connectivity index (χ2v) is 15.3. The van der Waals surface area contributed by atoms with Crippen LogP contribution in [-0.2, 0) is 22.9 Å². The lowest BCUT2D eigenvalue weighted by molar-refractivity contribution is 0.0460. The van der Waals surface area contributed by atoms with E-state index in [2.05, 4.69) is 67.5 Å². The highest BCUT2D eigenvalue weighted by Crippen LogP contribution is 2.47. The molecule has 0 aliphatic rings. The Morgan fingerprint density at radius 2 is 1.24 bits per heavy atom. The maximum absolute atomic E-state index is 14.5. The first kappa shape index (κ1) is 38.6. The van der Waals surface area contributed by atoms with Gasteiger partial charge >= 0.3 is 0 Å². The molecule has 0 amide bonds. The monoisotopic (exact) mass is 681 g/mol. The Bertz CT molecular complexity index is 1650. The van der Waals surface area contributed by atoms with Crippen molar-refractivity contribution in [2.24, 2.45) is 4.99 Å². The number of halogens is 1. The van der Waals surface area contributed by atoms with Gasteiger partial charge in [0.05, 0.1) is 19.3 Å². The van der Waals surface area contributed by atoms with Gasteiger partial charge in [-0.25, -0.2) is 4.39 Å². The first-order valence-corrected chi connectivity index (χ1v) is 18.0. The summed E-state index contributed by atoms with van der Waals surface area (Å²) in [5.41, 5.74) is 2.10. The van der Waals surface area contributed by atoms with E-state index in [4.69, 9.17) is 14.5 Å². The smallest absolute Gasteiger partial charge is 0.165 e. The molecule has 0 saturated heterocycles. The van der Waals surface area contributed by atoms with E-state index < -0.39 is 23.2 Å². The van der Waals surface area contributed by atoms with Crippen molar-refractivity contribution in [3.8, 4) is 17.2 Å². The van der Waals surface area contributed by atoms with Crippen molar-refractivity contribution in [1.29, 1.82) is 0 Å². The molecule has 4 aromatic carbocycles. The van der Waals surface area contributed by atoms with Crippen LogP contribution < -0.4 is 9.47 Å². The van der Waals surface area contributed by atoms with Gasteiger partial charge in [0, 0.05) is 22.9 Å². The van der Waals surface area contributed by atoms with Crippen molar-refractivity contribution < 1.29 is 24.1 Å². The van der Waals surface area contributed by atoms with E-state index in [9.17, 15) is 14.6 Å². The van der Waals surface area contributed by atoms with Crippen molar-refractivity contribution in [2.75, 3.05) is 13.2 Å². The molecule has 4 rings (SSSR count). The quantitative estimate of drug-likeness (QED) is 0.0968. The van der Waals surface area contributed by atoms with Crippen molar-refractivity contribution in [1.82, 2.24) is 0 Å². The molecule has 50 heavy (non-hydrogen) atoms. The Morgan fingerprint density at radius 1 is 0.720 bits per heavy atom. The van der Waals surface area contributed by atoms with Crippen LogP contribution in [0.1, 0.15) is 114 Å². The Morgan fingerprint density at radius 3 is 1.72 bits per heavy atom. The lowest BCUT2D eigenvalue weighted by Gasteiger charge is -2.39. The molecule has 0 radical (unpaired) electrons. The normalized spacial score (nSPS) is 13.1. The van der Waals surface area contributed by atoms with Gasteiger partial charge in [0.15, 0.2) is 11.6 Å². The molecule has 268 valence electrons. The van der Waals surface area contributed by atoms with Crippen LogP contribution >= 0.6 is 0 Å². The minimum absolute atomic E-state index is 0.219. The number of nitrogens with zero attached hydrogens (tertiary/aromatic N) is 1. The zero-order chi connectivity index (χ0) is 36.5. The largest absolute Gasteiger partial charge is 0.504 e. The predicted octanol–water partition coefficient (Wildman–Crippen LogP) is 10.5. The van der Waals surface area contributed by atoms with Gasteiger partial charge in [-0.2, -0.15) is 0 Å². The number of para-hydroxylation sites is 1. The maximum atomic E-state index is 14.5. The second-order valence-electron chi connectivity index (χ2n) is 15.3. The van der Waals surface area contributed by atoms with Crippen molar-refractivity contribution in [3.63, 3.8) is 0 Å². The molecule has 0 heterocycles. The van der Waals surface area contributed by atoms with E-state index in [1.807, 2.05) is 54.6 Å². The van der Waals surface area contributed by atoms with Gasteiger partial charge < -0.3 is 19.7 Å². The van der Waals surface area contributed by atoms with E-state index >= 15 is 0 Å². The number of phenols is 1. The Labute approximate surface area is 299 Å². The second kappa shape index (κ2) is 16.7. The van der Waals surface area contributed by atoms with E-state index in [1.54, 1.807) is 6.07 Å². The topological polar surface area (TPSA) is 71.3 Å². The summed E-state index contributed by atoms with van der Waals surface area (Å²) in [6, 6.07) is 25.6. The van der Waals surface area contributed by atoms with Crippen molar-refractivity contribution in [3.05, 3.63) is 124 Å². The van der Waals surface area contributed by atoms with Crippen LogP contribution in [0, 0.1) is 5.82 Å². The summed E-state index contributed by atoms with van der Waals surface area (Å²) in [6.45, 7) is 18.1. The fourth-order valence-electron chi connectivity index (χ4n) is 5.95. The zero-order valence-corrected chi connectivity index (χ0v) is 31.2. The molecule has 0 aromatic heterocycles. The van der Waals surface area contributed by atoms with Crippen LogP contribution in [0.15, 0.2) is 89.9 Å². The summed E-state index contributed by atoms with van der Waals surface area (Å²) in [4.78, 5) is 5.06. The maximum Gasteiger partial charge on any atom is 0.165 e. The number of benzene rings is 4. The number of aliphatic hydroxyl groups is 1. The number of phenolic OH excluding ortho intramolecular Hbond substituents is 1. The molecular weight excluding hydrogens is 625 g/mol. The van der Waals surface area contributed by atoms with Crippen molar-refractivity contribution >= 4 is 6.21 Å².